The van der Waals surface area contributed by atoms with Gasteiger partial charge in [-0.15, -0.1) is 0 Å². The van der Waals surface area contributed by atoms with Crippen molar-refractivity contribution >= 4 is 0 Å². The minimum Gasteiger partial charge on any atom is -0.508 e. The summed E-state index contributed by atoms with van der Waals surface area (Å²) < 4.78 is 0. The Balaban J connectivity index is 2.16. The van der Waals surface area contributed by atoms with Crippen LogP contribution in [0.4, 0.5) is 0 Å². The third-order valence-corrected chi connectivity index (χ3v) is 6.82. The molecule has 0 saturated heterocycles. The molecule has 0 bridgehead atoms. The second kappa shape index (κ2) is 7.64. The predicted molar refractivity (Wildman–Crippen MR) is 128 cm³/mol. The van der Waals surface area contributed by atoms with Crippen molar-refractivity contribution in [2.24, 2.45) is 0 Å². The van der Waals surface area contributed by atoms with Gasteiger partial charge in [-0.1, -0.05) is 64.1 Å². The average Bonchev–Trinajstić information content (AvgIpc) is 2.69. The lowest BCUT2D eigenvalue weighted by Gasteiger charge is -2.32. The highest BCUT2D eigenvalue weighted by molar-refractivity contribution is 5.54. The van der Waals surface area contributed by atoms with Crippen LogP contribution in [0.25, 0.3) is 0 Å². The molecule has 3 rings (SSSR count). The summed E-state index contributed by atoms with van der Waals surface area (Å²) in [5, 5.41) is 31.2. The normalized spacial score (nSPS) is 12.3. The maximum Gasteiger partial charge on any atom is 0.121 e. The van der Waals surface area contributed by atoms with E-state index in [0.29, 0.717) is 11.5 Å². The van der Waals surface area contributed by atoms with Gasteiger partial charge in [-0.05, 0) is 72.7 Å². The molecule has 3 aromatic rings. The SMILES string of the molecule is Cc1cc(C(C)(C)c2ccc(O)c(C(C)(C)c3cc(C)c(O)c(C)c3)c2)cc(C)c1O. The van der Waals surface area contributed by atoms with E-state index in [2.05, 4.69) is 33.8 Å². The minimum atomic E-state index is -0.458. The molecule has 0 spiro atoms. The Morgan fingerprint density at radius 3 is 1.32 bits per heavy atom. The van der Waals surface area contributed by atoms with Crippen molar-refractivity contribution in [1.29, 1.82) is 0 Å². The molecule has 0 aliphatic carbocycles. The van der Waals surface area contributed by atoms with Crippen molar-refractivity contribution in [3.63, 3.8) is 0 Å². The molecule has 3 heteroatoms. The van der Waals surface area contributed by atoms with E-state index in [9.17, 15) is 15.3 Å². The molecule has 31 heavy (non-hydrogen) atoms. The number of aryl methyl sites for hydroxylation is 4. The van der Waals surface area contributed by atoms with E-state index in [1.807, 2.05) is 58.0 Å². The Bertz CT molecular complexity index is 1110. The number of hydrogen-bond donors (Lipinski definition) is 3. The first-order valence-electron chi connectivity index (χ1n) is 10.7. The summed E-state index contributed by atoms with van der Waals surface area (Å²) in [6, 6.07) is 13.9. The molecule has 0 saturated carbocycles. The summed E-state index contributed by atoms with van der Waals surface area (Å²) in [6.45, 7) is 16.2. The van der Waals surface area contributed by atoms with Crippen LogP contribution in [-0.4, -0.2) is 15.3 Å². The molecular weight excluding hydrogens is 384 g/mol. The first-order valence-corrected chi connectivity index (χ1v) is 10.7. The second-order valence-electron chi connectivity index (χ2n) is 9.90. The van der Waals surface area contributed by atoms with Crippen LogP contribution in [0.2, 0.25) is 0 Å². The molecule has 3 nitrogen and oxygen atoms in total. The van der Waals surface area contributed by atoms with Gasteiger partial charge in [0, 0.05) is 16.4 Å². The van der Waals surface area contributed by atoms with Crippen molar-refractivity contribution in [2.45, 2.75) is 66.2 Å². The van der Waals surface area contributed by atoms with Crippen molar-refractivity contribution in [2.75, 3.05) is 0 Å². The molecule has 0 amide bonds. The molecule has 0 radical (unpaired) electrons. The fourth-order valence-electron chi connectivity index (χ4n) is 4.38. The van der Waals surface area contributed by atoms with E-state index >= 15 is 0 Å². The predicted octanol–water partition coefficient (Wildman–Crippen LogP) is 6.69. The summed E-state index contributed by atoms with van der Waals surface area (Å²) in [5.41, 5.74) is 6.69. The first-order chi connectivity index (χ1) is 14.3. The zero-order valence-electron chi connectivity index (χ0n) is 19.9. The van der Waals surface area contributed by atoms with Crippen LogP contribution in [0.1, 0.15) is 72.2 Å². The molecule has 164 valence electrons. The van der Waals surface area contributed by atoms with E-state index in [-0.39, 0.29) is 11.2 Å². The van der Waals surface area contributed by atoms with E-state index < -0.39 is 5.41 Å². The monoisotopic (exact) mass is 418 g/mol. The van der Waals surface area contributed by atoms with Gasteiger partial charge in [-0.25, -0.2) is 0 Å². The van der Waals surface area contributed by atoms with Crippen molar-refractivity contribution in [3.05, 3.63) is 87.0 Å². The summed E-state index contributed by atoms with van der Waals surface area (Å²) >= 11 is 0. The summed E-state index contributed by atoms with van der Waals surface area (Å²) in [7, 11) is 0. The molecule has 0 heterocycles. The highest BCUT2D eigenvalue weighted by Crippen LogP contribution is 2.43. The number of phenolic OH excluding ortho intramolecular Hbond substituents is 3. The van der Waals surface area contributed by atoms with Crippen LogP contribution >= 0.6 is 0 Å². The molecule has 0 fully saturated rings. The van der Waals surface area contributed by atoms with Crippen molar-refractivity contribution in [1.82, 2.24) is 0 Å². The maximum absolute atomic E-state index is 10.8. The Hall–Kier alpha value is -2.94. The minimum absolute atomic E-state index is 0.256. The highest BCUT2D eigenvalue weighted by atomic mass is 16.3. The zero-order valence-corrected chi connectivity index (χ0v) is 19.9. The standard InChI is InChI=1S/C28H34O3/c1-16-11-21(12-17(2)25(16)30)27(5,6)20-9-10-24(29)23(15-20)28(7,8)22-13-18(3)26(31)19(4)14-22/h9-15,29-31H,1-8H3. The second-order valence-corrected chi connectivity index (χ2v) is 9.90. The summed E-state index contributed by atoms with van der Waals surface area (Å²) in [4.78, 5) is 0. The number of phenols is 3. The summed E-state index contributed by atoms with van der Waals surface area (Å²) in [5.74, 6) is 0.910. The van der Waals surface area contributed by atoms with Crippen LogP contribution in [0.3, 0.4) is 0 Å². The average molecular weight is 419 g/mol. The van der Waals surface area contributed by atoms with Crippen LogP contribution in [0, 0.1) is 27.7 Å². The number of aromatic hydroxyl groups is 3. The topological polar surface area (TPSA) is 60.7 Å². The fraction of sp³-hybridized carbons (Fsp3) is 0.357. The lowest BCUT2D eigenvalue weighted by molar-refractivity contribution is 0.450. The van der Waals surface area contributed by atoms with Gasteiger partial charge in [0.1, 0.15) is 17.2 Å². The third kappa shape index (κ3) is 3.89. The summed E-state index contributed by atoms with van der Waals surface area (Å²) in [6.07, 6.45) is 0. The Morgan fingerprint density at radius 1 is 0.516 bits per heavy atom. The Morgan fingerprint density at radius 2 is 0.903 bits per heavy atom. The zero-order chi connectivity index (χ0) is 23.3. The molecule has 0 aliphatic rings. The van der Waals surface area contributed by atoms with Crippen molar-refractivity contribution < 1.29 is 15.3 Å². The highest BCUT2D eigenvalue weighted by Gasteiger charge is 2.31. The van der Waals surface area contributed by atoms with Gasteiger partial charge in [0.15, 0.2) is 0 Å². The number of rotatable bonds is 4. The molecule has 0 atom stereocenters. The quantitative estimate of drug-likeness (QED) is 0.442. The van der Waals surface area contributed by atoms with E-state index in [0.717, 1.165) is 44.5 Å². The van der Waals surface area contributed by atoms with E-state index in [1.165, 1.54) is 0 Å². The van der Waals surface area contributed by atoms with Gasteiger partial charge in [0.2, 0.25) is 0 Å². The van der Waals surface area contributed by atoms with Gasteiger partial charge in [0.05, 0.1) is 0 Å². The molecule has 0 unspecified atom stereocenters. The number of hydrogen-bond acceptors (Lipinski definition) is 3. The third-order valence-electron chi connectivity index (χ3n) is 6.82. The Labute approximate surface area is 186 Å². The molecule has 3 aromatic carbocycles. The van der Waals surface area contributed by atoms with Gasteiger partial charge in [-0.2, -0.15) is 0 Å². The number of benzene rings is 3. The molecule has 3 N–H and O–H groups in total. The van der Waals surface area contributed by atoms with Gasteiger partial charge in [0.25, 0.3) is 0 Å². The lowest BCUT2D eigenvalue weighted by atomic mass is 9.72. The molecular formula is C28H34O3. The van der Waals surface area contributed by atoms with Crippen LogP contribution in [0.15, 0.2) is 42.5 Å². The largest absolute Gasteiger partial charge is 0.508 e. The van der Waals surface area contributed by atoms with E-state index in [4.69, 9.17) is 0 Å². The van der Waals surface area contributed by atoms with Gasteiger partial charge in [-0.3, -0.25) is 0 Å². The Kier molecular flexibility index (Phi) is 5.60. The fourth-order valence-corrected chi connectivity index (χ4v) is 4.38. The van der Waals surface area contributed by atoms with Crippen LogP contribution in [-0.2, 0) is 10.8 Å². The molecule has 0 aromatic heterocycles. The first kappa shape index (κ1) is 22.7. The van der Waals surface area contributed by atoms with Crippen molar-refractivity contribution in [3.8, 4) is 17.2 Å². The van der Waals surface area contributed by atoms with Gasteiger partial charge < -0.3 is 15.3 Å². The van der Waals surface area contributed by atoms with Crippen LogP contribution < -0.4 is 0 Å². The van der Waals surface area contributed by atoms with Crippen LogP contribution in [0.5, 0.6) is 17.2 Å². The van der Waals surface area contributed by atoms with E-state index in [1.54, 1.807) is 6.07 Å². The molecule has 0 aliphatic heterocycles. The maximum atomic E-state index is 10.8. The van der Waals surface area contributed by atoms with Gasteiger partial charge >= 0.3 is 0 Å². The smallest absolute Gasteiger partial charge is 0.121 e. The lowest BCUT2D eigenvalue weighted by Crippen LogP contribution is -2.23.